The zero-order valence-electron chi connectivity index (χ0n) is 14.2. The minimum atomic E-state index is -0.576. The molecule has 0 atom stereocenters. The second kappa shape index (κ2) is 8.26. The number of carbonyl (C=O) groups excluding carboxylic acids is 2. The second-order valence-electron chi connectivity index (χ2n) is 4.78. The van der Waals surface area contributed by atoms with Gasteiger partial charge in [-0.15, -0.1) is 0 Å². The Hall–Kier alpha value is -2.44. The van der Waals surface area contributed by atoms with Crippen molar-refractivity contribution in [3.8, 4) is 0 Å². The Morgan fingerprint density at radius 2 is 2.09 bits per heavy atom. The highest BCUT2D eigenvalue weighted by molar-refractivity contribution is 6.03. The highest BCUT2D eigenvalue weighted by Gasteiger charge is 2.21. The zero-order valence-corrected chi connectivity index (χ0v) is 14.2. The molecule has 0 unspecified atom stereocenters. The first kappa shape index (κ1) is 18.6. The number of amides is 3. The van der Waals surface area contributed by atoms with Gasteiger partial charge in [0.25, 0.3) is 0 Å². The van der Waals surface area contributed by atoms with E-state index in [1.54, 1.807) is 24.7 Å². The summed E-state index contributed by atoms with van der Waals surface area (Å²) in [6.07, 6.45) is 1.000. The molecular formula is C16H23FN4O2. The van der Waals surface area contributed by atoms with Gasteiger partial charge < -0.3 is 0 Å². The molecule has 0 aliphatic carbocycles. The predicted octanol–water partition coefficient (Wildman–Crippen LogP) is 3.13. The molecule has 0 radical (unpaired) electrons. The molecule has 7 heteroatoms. The molecule has 2 aromatic rings. The monoisotopic (exact) mass is 322 g/mol. The van der Waals surface area contributed by atoms with Gasteiger partial charge in [-0.3, -0.25) is 19.7 Å². The van der Waals surface area contributed by atoms with Gasteiger partial charge in [-0.1, -0.05) is 20.8 Å². The normalized spacial score (nSPS) is 10.0. The van der Waals surface area contributed by atoms with Crippen molar-refractivity contribution < 1.29 is 14.0 Å². The van der Waals surface area contributed by atoms with Gasteiger partial charge in [-0.05, 0) is 31.0 Å². The van der Waals surface area contributed by atoms with E-state index >= 15 is 0 Å². The lowest BCUT2D eigenvalue weighted by atomic mass is 10.1. The molecule has 1 N–H and O–H groups in total. The van der Waals surface area contributed by atoms with Crippen LogP contribution < -0.4 is 10.2 Å². The Labute approximate surface area is 135 Å². The lowest BCUT2D eigenvalue weighted by molar-refractivity contribution is -0.108. The van der Waals surface area contributed by atoms with Gasteiger partial charge in [-0.25, -0.2) is 9.18 Å². The third-order valence-electron chi connectivity index (χ3n) is 3.24. The summed E-state index contributed by atoms with van der Waals surface area (Å²) < 4.78 is 15.4. The van der Waals surface area contributed by atoms with E-state index < -0.39 is 6.03 Å². The third-order valence-corrected chi connectivity index (χ3v) is 3.24. The Morgan fingerprint density at radius 1 is 1.43 bits per heavy atom. The number of aromatic nitrogens is 2. The maximum atomic E-state index is 13.8. The van der Waals surface area contributed by atoms with Gasteiger partial charge in [0, 0.05) is 19.0 Å². The summed E-state index contributed by atoms with van der Waals surface area (Å²) in [5, 5.41) is 6.92. The van der Waals surface area contributed by atoms with Crippen LogP contribution in [0.3, 0.4) is 0 Å². The molecule has 23 heavy (non-hydrogen) atoms. The van der Waals surface area contributed by atoms with Crippen molar-refractivity contribution in [2.24, 2.45) is 7.05 Å². The fraction of sp³-hybridized carbons (Fsp3) is 0.438. The quantitative estimate of drug-likeness (QED) is 0.879. The molecule has 0 spiro atoms. The van der Waals surface area contributed by atoms with E-state index in [1.807, 2.05) is 20.8 Å². The average molecular weight is 322 g/mol. The maximum absolute atomic E-state index is 13.8. The number of anilines is 1. The summed E-state index contributed by atoms with van der Waals surface area (Å²) in [4.78, 5) is 23.8. The first-order valence-electron chi connectivity index (χ1n) is 7.64. The van der Waals surface area contributed by atoms with Crippen molar-refractivity contribution >= 4 is 29.2 Å². The Morgan fingerprint density at radius 3 is 2.65 bits per heavy atom. The van der Waals surface area contributed by atoms with E-state index in [0.717, 1.165) is 5.52 Å². The molecule has 0 fully saturated rings. The minimum Gasteiger partial charge on any atom is -0.280 e. The second-order valence-corrected chi connectivity index (χ2v) is 4.78. The minimum absolute atomic E-state index is 0.320. The Balaban J connectivity index is 0.00000127. The number of nitrogens with zero attached hydrogens (tertiary/aromatic N) is 3. The zero-order chi connectivity index (χ0) is 17.6. The van der Waals surface area contributed by atoms with E-state index in [9.17, 15) is 14.0 Å². The van der Waals surface area contributed by atoms with Crippen molar-refractivity contribution in [3.05, 3.63) is 23.5 Å². The van der Waals surface area contributed by atoms with Crippen LogP contribution in [0, 0.1) is 12.7 Å². The largest absolute Gasteiger partial charge is 0.329 e. The third kappa shape index (κ3) is 3.85. The van der Waals surface area contributed by atoms with Crippen molar-refractivity contribution in [2.45, 2.75) is 34.1 Å². The number of imide groups is 1. The van der Waals surface area contributed by atoms with Gasteiger partial charge >= 0.3 is 6.03 Å². The SMILES string of the molecule is CC.CCCN(C(=O)NC=O)c1nn(C)c2cc(C)c(F)cc12. The number of fused-ring (bicyclic) bond motifs is 1. The van der Waals surface area contributed by atoms with Crippen molar-refractivity contribution in [3.63, 3.8) is 0 Å². The molecule has 1 heterocycles. The molecule has 126 valence electrons. The lowest BCUT2D eigenvalue weighted by Crippen LogP contribution is -2.40. The van der Waals surface area contributed by atoms with E-state index in [0.29, 0.717) is 36.1 Å². The van der Waals surface area contributed by atoms with Gasteiger partial charge in [0.15, 0.2) is 5.82 Å². The van der Waals surface area contributed by atoms with Crippen LogP contribution in [0.25, 0.3) is 10.9 Å². The highest BCUT2D eigenvalue weighted by atomic mass is 19.1. The van der Waals surface area contributed by atoms with E-state index in [-0.39, 0.29) is 5.82 Å². The van der Waals surface area contributed by atoms with Crippen molar-refractivity contribution in [1.29, 1.82) is 0 Å². The summed E-state index contributed by atoms with van der Waals surface area (Å²) in [6.45, 7) is 7.95. The van der Waals surface area contributed by atoms with Gasteiger partial charge in [0.1, 0.15) is 5.82 Å². The summed E-state index contributed by atoms with van der Waals surface area (Å²) >= 11 is 0. The van der Waals surface area contributed by atoms with Crippen LogP contribution in [0.5, 0.6) is 0 Å². The van der Waals surface area contributed by atoms with Crippen LogP contribution >= 0.6 is 0 Å². The maximum Gasteiger partial charge on any atom is 0.329 e. The van der Waals surface area contributed by atoms with Crippen LogP contribution in [0.2, 0.25) is 0 Å². The summed E-state index contributed by atoms with van der Waals surface area (Å²) in [6, 6.07) is 2.47. The number of nitrogens with one attached hydrogen (secondary N) is 1. The van der Waals surface area contributed by atoms with Crippen molar-refractivity contribution in [2.75, 3.05) is 11.4 Å². The summed E-state index contributed by atoms with van der Waals surface area (Å²) in [5.74, 6) is -0.0170. The van der Waals surface area contributed by atoms with Crippen LogP contribution in [0.4, 0.5) is 15.0 Å². The van der Waals surface area contributed by atoms with Gasteiger partial charge in [-0.2, -0.15) is 5.10 Å². The van der Waals surface area contributed by atoms with Crippen LogP contribution in [0.1, 0.15) is 32.8 Å². The molecule has 0 bridgehead atoms. The number of urea groups is 1. The fourth-order valence-electron chi connectivity index (χ4n) is 2.22. The molecular weight excluding hydrogens is 299 g/mol. The Bertz CT molecular complexity index is 697. The molecule has 0 saturated heterocycles. The molecule has 1 aromatic carbocycles. The van der Waals surface area contributed by atoms with Gasteiger partial charge in [0.05, 0.1) is 5.52 Å². The molecule has 0 aliphatic rings. The van der Waals surface area contributed by atoms with Crippen LogP contribution in [-0.2, 0) is 11.8 Å². The number of rotatable bonds is 4. The molecule has 0 saturated carbocycles. The summed E-state index contributed by atoms with van der Waals surface area (Å²) in [7, 11) is 1.73. The fourth-order valence-corrected chi connectivity index (χ4v) is 2.22. The van der Waals surface area contributed by atoms with Crippen LogP contribution in [0.15, 0.2) is 12.1 Å². The number of hydrogen-bond acceptors (Lipinski definition) is 3. The van der Waals surface area contributed by atoms with Gasteiger partial charge in [0.2, 0.25) is 6.41 Å². The lowest BCUT2D eigenvalue weighted by Gasteiger charge is -2.18. The van der Waals surface area contributed by atoms with Crippen LogP contribution in [-0.4, -0.2) is 28.8 Å². The standard InChI is InChI=1S/C14H17FN4O2.C2H6/c1-4-5-19(14(21)16-8-20)13-10-7-11(15)9(2)6-12(10)18(3)17-13;1-2/h6-8H,4-5H2,1-3H3,(H,16,20,21);1-2H3. The topological polar surface area (TPSA) is 67.2 Å². The van der Waals surface area contributed by atoms with E-state index in [4.69, 9.17) is 0 Å². The first-order valence-corrected chi connectivity index (χ1v) is 7.64. The van der Waals surface area contributed by atoms with Crippen molar-refractivity contribution in [1.82, 2.24) is 15.1 Å². The number of hydrogen-bond donors (Lipinski definition) is 1. The molecule has 3 amide bonds. The van der Waals surface area contributed by atoms with E-state index in [2.05, 4.69) is 10.4 Å². The highest BCUT2D eigenvalue weighted by Crippen LogP contribution is 2.28. The molecule has 2 rings (SSSR count). The smallest absolute Gasteiger partial charge is 0.280 e. The first-order chi connectivity index (χ1) is 11.0. The predicted molar refractivity (Wildman–Crippen MR) is 89.0 cm³/mol. The molecule has 6 nitrogen and oxygen atoms in total. The molecule has 1 aromatic heterocycles. The average Bonchev–Trinajstić information content (AvgIpc) is 2.84. The number of carbonyl (C=O) groups is 2. The Kier molecular flexibility index (Phi) is 6.68. The number of halogens is 1. The summed E-state index contributed by atoms with van der Waals surface area (Å²) in [5.41, 5.74) is 1.24. The number of aryl methyl sites for hydroxylation is 2. The molecule has 0 aliphatic heterocycles. The van der Waals surface area contributed by atoms with E-state index in [1.165, 1.54) is 11.0 Å². The number of benzene rings is 1.